The molecule has 0 saturated carbocycles. The molecule has 0 spiro atoms. The van der Waals surface area contributed by atoms with Gasteiger partial charge in [0.05, 0.1) is 6.54 Å². The fourth-order valence-corrected chi connectivity index (χ4v) is 3.52. The smallest absolute Gasteiger partial charge is 0.330 e. The van der Waals surface area contributed by atoms with Crippen molar-refractivity contribution in [3.63, 3.8) is 0 Å². The van der Waals surface area contributed by atoms with Crippen LogP contribution in [0.4, 0.5) is 11.5 Å². The molecule has 1 aromatic carbocycles. The van der Waals surface area contributed by atoms with Crippen molar-refractivity contribution in [2.45, 2.75) is 40.8 Å². The van der Waals surface area contributed by atoms with Gasteiger partial charge in [0.1, 0.15) is 11.5 Å². The van der Waals surface area contributed by atoms with Gasteiger partial charge in [-0.3, -0.25) is 14.3 Å². The fraction of sp³-hybridized carbons (Fsp3) is 0.429. The molecule has 0 radical (unpaired) electrons. The van der Waals surface area contributed by atoms with Gasteiger partial charge < -0.3 is 15.2 Å². The van der Waals surface area contributed by atoms with Crippen molar-refractivity contribution < 1.29 is 4.52 Å². The number of anilines is 2. The van der Waals surface area contributed by atoms with Crippen LogP contribution < -0.4 is 21.9 Å². The molecule has 0 bridgehead atoms. The van der Waals surface area contributed by atoms with Gasteiger partial charge in [-0.2, -0.15) is 4.98 Å². The maximum Gasteiger partial charge on any atom is 0.330 e. The summed E-state index contributed by atoms with van der Waals surface area (Å²) in [6.45, 7) is 9.04. The highest BCUT2D eigenvalue weighted by Gasteiger charge is 2.22. The Morgan fingerprint density at radius 3 is 2.61 bits per heavy atom. The van der Waals surface area contributed by atoms with Gasteiger partial charge in [-0.15, -0.1) is 0 Å². The highest BCUT2D eigenvalue weighted by atomic mass is 35.5. The molecule has 3 rings (SSSR count). The Bertz CT molecular complexity index is 1160. The van der Waals surface area contributed by atoms with E-state index in [9.17, 15) is 9.59 Å². The zero-order valence-corrected chi connectivity index (χ0v) is 18.8. The molecule has 3 aromatic rings. The standard InChI is InChI=1S/C21H27ClN6O3/c1-12(2)9-27(17-18(23)28(10-13(3)4)21(30)25-20(17)29)11-16-24-19(26-31-16)14-6-5-7-15(22)8-14/h5-8,12-13H,9-11,23H2,1-4H3,(H,25,29,30). The average molecular weight is 447 g/mol. The van der Waals surface area contributed by atoms with E-state index >= 15 is 0 Å². The number of H-pyrrole nitrogens is 1. The first-order chi connectivity index (χ1) is 14.7. The molecule has 9 nitrogen and oxygen atoms in total. The van der Waals surface area contributed by atoms with Gasteiger partial charge >= 0.3 is 5.69 Å². The SMILES string of the molecule is CC(C)CN(Cc1nc(-c2cccc(Cl)c2)no1)c1c(N)n(CC(C)C)c(=O)[nH]c1=O. The fourth-order valence-electron chi connectivity index (χ4n) is 3.33. The third-order valence-electron chi connectivity index (χ3n) is 4.54. The Morgan fingerprint density at radius 2 is 1.97 bits per heavy atom. The van der Waals surface area contributed by atoms with Crippen LogP contribution in [0, 0.1) is 11.8 Å². The molecule has 0 aliphatic heterocycles. The lowest BCUT2D eigenvalue weighted by molar-refractivity contribution is 0.374. The van der Waals surface area contributed by atoms with Crippen molar-refractivity contribution in [3.8, 4) is 11.4 Å². The Morgan fingerprint density at radius 1 is 1.23 bits per heavy atom. The van der Waals surface area contributed by atoms with E-state index in [1.807, 2.05) is 33.8 Å². The quantitative estimate of drug-likeness (QED) is 0.544. The van der Waals surface area contributed by atoms with Crippen LogP contribution in [0.5, 0.6) is 0 Å². The predicted molar refractivity (Wildman–Crippen MR) is 121 cm³/mol. The van der Waals surface area contributed by atoms with E-state index in [1.54, 1.807) is 23.1 Å². The van der Waals surface area contributed by atoms with Gasteiger partial charge in [-0.1, -0.05) is 56.6 Å². The third kappa shape index (κ3) is 5.35. The van der Waals surface area contributed by atoms with Crippen LogP contribution in [0.15, 0.2) is 38.4 Å². The van der Waals surface area contributed by atoms with Crippen molar-refractivity contribution in [1.29, 1.82) is 0 Å². The zero-order chi connectivity index (χ0) is 22.7. The molecule has 0 unspecified atom stereocenters. The van der Waals surface area contributed by atoms with Crippen molar-refractivity contribution in [3.05, 3.63) is 56.0 Å². The van der Waals surface area contributed by atoms with Crippen LogP contribution in [-0.2, 0) is 13.1 Å². The minimum Gasteiger partial charge on any atom is -0.383 e. The number of rotatable bonds is 8. The lowest BCUT2D eigenvalue weighted by Gasteiger charge is -2.26. The minimum atomic E-state index is -0.544. The summed E-state index contributed by atoms with van der Waals surface area (Å²) in [6.07, 6.45) is 0. The largest absolute Gasteiger partial charge is 0.383 e. The third-order valence-corrected chi connectivity index (χ3v) is 4.78. The van der Waals surface area contributed by atoms with Crippen LogP contribution in [0.1, 0.15) is 33.6 Å². The molecule has 0 amide bonds. The summed E-state index contributed by atoms with van der Waals surface area (Å²) in [6, 6.07) is 7.14. The molecule has 166 valence electrons. The first kappa shape index (κ1) is 22.6. The van der Waals surface area contributed by atoms with Crippen LogP contribution in [-0.4, -0.2) is 26.2 Å². The van der Waals surface area contributed by atoms with E-state index in [1.165, 1.54) is 4.57 Å². The number of nitrogen functional groups attached to an aromatic ring is 1. The first-order valence-corrected chi connectivity index (χ1v) is 10.5. The Balaban J connectivity index is 1.99. The maximum absolute atomic E-state index is 12.7. The van der Waals surface area contributed by atoms with Gasteiger partial charge in [-0.25, -0.2) is 4.79 Å². The number of nitrogens with one attached hydrogen (secondary N) is 1. The number of hydrogen-bond acceptors (Lipinski definition) is 7. The Labute approximate surface area is 184 Å². The molecule has 2 heterocycles. The van der Waals surface area contributed by atoms with E-state index in [0.717, 1.165) is 5.56 Å². The van der Waals surface area contributed by atoms with Crippen molar-refractivity contribution in [1.82, 2.24) is 19.7 Å². The second kappa shape index (κ2) is 9.38. The molecule has 0 aliphatic rings. The van der Waals surface area contributed by atoms with Gasteiger partial charge in [-0.05, 0) is 24.0 Å². The number of aromatic nitrogens is 4. The monoisotopic (exact) mass is 446 g/mol. The summed E-state index contributed by atoms with van der Waals surface area (Å²) in [4.78, 5) is 33.6. The molecule has 31 heavy (non-hydrogen) atoms. The van der Waals surface area contributed by atoms with Gasteiger partial charge in [0.15, 0.2) is 0 Å². The van der Waals surface area contributed by atoms with Crippen molar-refractivity contribution in [2.75, 3.05) is 17.2 Å². The Hall–Kier alpha value is -3.07. The minimum absolute atomic E-state index is 0.123. The van der Waals surface area contributed by atoms with E-state index in [4.69, 9.17) is 21.9 Å². The van der Waals surface area contributed by atoms with Crippen molar-refractivity contribution >= 4 is 23.1 Å². The molecular formula is C21H27ClN6O3. The highest BCUT2D eigenvalue weighted by Crippen LogP contribution is 2.23. The molecule has 0 atom stereocenters. The molecule has 3 N–H and O–H groups in total. The lowest BCUT2D eigenvalue weighted by atomic mass is 10.2. The normalized spacial score (nSPS) is 11.5. The summed E-state index contributed by atoms with van der Waals surface area (Å²) >= 11 is 6.05. The number of hydrogen-bond donors (Lipinski definition) is 2. The molecule has 0 fully saturated rings. The number of nitrogens with zero attached hydrogens (tertiary/aromatic N) is 4. The van der Waals surface area contributed by atoms with E-state index in [0.29, 0.717) is 29.8 Å². The molecule has 0 saturated heterocycles. The highest BCUT2D eigenvalue weighted by molar-refractivity contribution is 6.30. The number of aromatic amines is 1. The molecule has 0 aliphatic carbocycles. The van der Waals surface area contributed by atoms with Crippen LogP contribution in [0.3, 0.4) is 0 Å². The predicted octanol–water partition coefficient (Wildman–Crippen LogP) is 3.14. The summed E-state index contributed by atoms with van der Waals surface area (Å²) in [7, 11) is 0. The second-order valence-electron chi connectivity index (χ2n) is 8.29. The van der Waals surface area contributed by atoms with Crippen LogP contribution in [0.25, 0.3) is 11.4 Å². The number of benzene rings is 1. The summed E-state index contributed by atoms with van der Waals surface area (Å²) < 4.78 is 6.81. The zero-order valence-electron chi connectivity index (χ0n) is 18.1. The first-order valence-electron chi connectivity index (χ1n) is 10.1. The number of halogens is 1. The summed E-state index contributed by atoms with van der Waals surface area (Å²) in [5.41, 5.74) is 6.17. The molecular weight excluding hydrogens is 420 g/mol. The van der Waals surface area contributed by atoms with Gasteiger partial charge in [0.25, 0.3) is 5.56 Å². The summed E-state index contributed by atoms with van der Waals surface area (Å²) in [5.74, 6) is 1.22. The van der Waals surface area contributed by atoms with E-state index in [2.05, 4.69) is 15.1 Å². The summed E-state index contributed by atoms with van der Waals surface area (Å²) in [5, 5.41) is 4.59. The Kier molecular flexibility index (Phi) is 6.84. The van der Waals surface area contributed by atoms with E-state index in [-0.39, 0.29) is 29.9 Å². The second-order valence-corrected chi connectivity index (χ2v) is 8.73. The lowest BCUT2D eigenvalue weighted by Crippen LogP contribution is -2.40. The van der Waals surface area contributed by atoms with Crippen molar-refractivity contribution in [2.24, 2.45) is 11.8 Å². The topological polar surface area (TPSA) is 123 Å². The maximum atomic E-state index is 12.7. The van der Waals surface area contributed by atoms with E-state index < -0.39 is 11.2 Å². The van der Waals surface area contributed by atoms with Gasteiger partial charge in [0, 0.05) is 23.7 Å². The molecule has 2 aromatic heterocycles. The van der Waals surface area contributed by atoms with Crippen LogP contribution >= 0.6 is 11.6 Å². The van der Waals surface area contributed by atoms with Crippen LogP contribution in [0.2, 0.25) is 5.02 Å². The van der Waals surface area contributed by atoms with Gasteiger partial charge in [0.2, 0.25) is 11.7 Å². The molecule has 10 heteroatoms. The number of nitrogens with two attached hydrogens (primary N) is 1. The average Bonchev–Trinajstić information content (AvgIpc) is 3.13.